The van der Waals surface area contributed by atoms with Crippen LogP contribution in [0, 0.1) is 6.92 Å². The average Bonchev–Trinajstić information content (AvgIpc) is 2.86. The van der Waals surface area contributed by atoms with E-state index >= 15 is 0 Å². The van der Waals surface area contributed by atoms with Gasteiger partial charge in [0.25, 0.3) is 5.91 Å². The van der Waals surface area contributed by atoms with Crippen molar-refractivity contribution in [2.24, 2.45) is 5.73 Å². The summed E-state index contributed by atoms with van der Waals surface area (Å²) < 4.78 is 17.6. The molecule has 0 saturated carbocycles. The molecule has 37 heavy (non-hydrogen) atoms. The molecule has 3 aromatic rings. The number of rotatable bonds is 10. The zero-order valence-electron chi connectivity index (χ0n) is 21.9. The number of carbonyl (C=O) groups excluding carboxylic acids is 1. The van der Waals surface area contributed by atoms with Gasteiger partial charge in [-0.1, -0.05) is 12.1 Å². The van der Waals surface area contributed by atoms with Gasteiger partial charge in [-0.25, -0.2) is 0 Å². The third-order valence-corrected chi connectivity index (χ3v) is 6.67. The molecule has 0 radical (unpaired) electrons. The number of benzene rings is 2. The van der Waals surface area contributed by atoms with E-state index in [0.29, 0.717) is 34.7 Å². The highest BCUT2D eigenvalue weighted by Gasteiger charge is 2.22. The first kappa shape index (κ1) is 26.7. The van der Waals surface area contributed by atoms with Crippen molar-refractivity contribution in [3.8, 4) is 11.5 Å². The van der Waals surface area contributed by atoms with Crippen LogP contribution in [0.15, 0.2) is 36.5 Å². The summed E-state index contributed by atoms with van der Waals surface area (Å²) in [5.74, 6) is 0.523. The molecule has 1 aliphatic rings. The second kappa shape index (κ2) is 11.8. The van der Waals surface area contributed by atoms with E-state index in [1.807, 2.05) is 37.3 Å². The Labute approximate surface area is 217 Å². The third kappa shape index (κ3) is 6.12. The Kier molecular flexibility index (Phi) is 8.48. The number of primary amides is 1. The van der Waals surface area contributed by atoms with Gasteiger partial charge in [0.15, 0.2) is 11.5 Å². The molecule has 1 aromatic heterocycles. The van der Waals surface area contributed by atoms with Crippen molar-refractivity contribution in [1.29, 1.82) is 0 Å². The molecule has 2 heterocycles. The zero-order valence-corrected chi connectivity index (χ0v) is 21.9. The number of hydrogen-bond donors (Lipinski definition) is 3. The lowest BCUT2D eigenvalue weighted by Gasteiger charge is -2.35. The monoisotopic (exact) mass is 508 g/mol. The van der Waals surface area contributed by atoms with E-state index in [1.54, 1.807) is 7.11 Å². The number of aromatic nitrogens is 1. The first-order chi connectivity index (χ1) is 17.8. The molecule has 2 aromatic carbocycles. The van der Waals surface area contributed by atoms with Crippen molar-refractivity contribution >= 4 is 28.2 Å². The maximum absolute atomic E-state index is 12.3. The van der Waals surface area contributed by atoms with Crippen LogP contribution in [0.2, 0.25) is 0 Å². The Bertz CT molecular complexity index is 1260. The average molecular weight is 509 g/mol. The third-order valence-electron chi connectivity index (χ3n) is 6.67. The van der Waals surface area contributed by atoms with Crippen molar-refractivity contribution in [2.45, 2.75) is 46.0 Å². The molecule has 4 rings (SSSR count). The van der Waals surface area contributed by atoms with Gasteiger partial charge in [0, 0.05) is 43.0 Å². The van der Waals surface area contributed by atoms with Crippen LogP contribution >= 0.6 is 0 Å². The van der Waals surface area contributed by atoms with Crippen molar-refractivity contribution in [1.82, 2.24) is 9.88 Å². The molecule has 4 N–H and O–H groups in total. The van der Waals surface area contributed by atoms with Gasteiger partial charge in [-0.15, -0.1) is 0 Å². The highest BCUT2D eigenvalue weighted by atomic mass is 16.5. The Hall–Kier alpha value is -3.40. The van der Waals surface area contributed by atoms with E-state index in [9.17, 15) is 9.90 Å². The number of aliphatic hydroxyl groups excluding tert-OH is 1. The van der Waals surface area contributed by atoms with Crippen molar-refractivity contribution in [3.63, 3.8) is 0 Å². The number of hydrogen-bond acceptors (Lipinski definition) is 8. The Morgan fingerprint density at radius 1 is 1.24 bits per heavy atom. The summed E-state index contributed by atoms with van der Waals surface area (Å²) in [5.41, 5.74) is 9.52. The smallest absolute Gasteiger partial charge is 0.252 e. The van der Waals surface area contributed by atoms with Crippen molar-refractivity contribution < 1.29 is 24.1 Å². The Morgan fingerprint density at radius 2 is 2.00 bits per heavy atom. The number of amides is 1. The standard InChI is InChI=1S/C28H36N4O5/c1-17-14-32(15-18(2)37-17)9-6-10-36-26-12-24-21(11-25(26)35-4)27(22(13-30-24)28(29)34)31-23-8-5-7-20(16-33)19(23)3/h5,7-8,11-13,17-18,33H,6,9-10,14-16H2,1-4H3,(H2,29,34)(H,30,31). The lowest BCUT2D eigenvalue weighted by molar-refractivity contribution is -0.0686. The number of carbonyl (C=O) groups is 1. The van der Waals surface area contributed by atoms with E-state index in [0.717, 1.165) is 42.9 Å². The number of methoxy groups -OCH3 is 1. The summed E-state index contributed by atoms with van der Waals surface area (Å²) in [6, 6.07) is 9.21. The van der Waals surface area contributed by atoms with E-state index < -0.39 is 5.91 Å². The Balaban J connectivity index is 1.58. The van der Waals surface area contributed by atoms with E-state index in [-0.39, 0.29) is 24.4 Å². The van der Waals surface area contributed by atoms with Gasteiger partial charge in [-0.3, -0.25) is 14.7 Å². The molecule has 9 heteroatoms. The van der Waals surface area contributed by atoms with E-state index in [1.165, 1.54) is 6.20 Å². The van der Waals surface area contributed by atoms with Crippen LogP contribution in [0.5, 0.6) is 11.5 Å². The number of fused-ring (bicyclic) bond motifs is 1. The molecule has 0 spiro atoms. The van der Waals surface area contributed by atoms with Gasteiger partial charge in [-0.05, 0) is 50.5 Å². The first-order valence-electron chi connectivity index (χ1n) is 12.6. The molecule has 1 saturated heterocycles. The number of pyridine rings is 1. The normalized spacial score (nSPS) is 18.1. The lowest BCUT2D eigenvalue weighted by Crippen LogP contribution is -2.45. The minimum Gasteiger partial charge on any atom is -0.493 e. The first-order valence-corrected chi connectivity index (χ1v) is 12.6. The summed E-state index contributed by atoms with van der Waals surface area (Å²) in [7, 11) is 1.58. The van der Waals surface area contributed by atoms with Crippen molar-refractivity contribution in [2.75, 3.05) is 38.7 Å². The molecule has 0 aliphatic carbocycles. The highest BCUT2D eigenvalue weighted by molar-refractivity contribution is 6.08. The second-order valence-corrected chi connectivity index (χ2v) is 9.52. The van der Waals surface area contributed by atoms with Crippen LogP contribution < -0.4 is 20.5 Å². The summed E-state index contributed by atoms with van der Waals surface area (Å²) in [6.07, 6.45) is 2.80. The summed E-state index contributed by atoms with van der Waals surface area (Å²) >= 11 is 0. The van der Waals surface area contributed by atoms with Crippen LogP contribution in [0.25, 0.3) is 10.9 Å². The van der Waals surface area contributed by atoms with Crippen LogP contribution in [-0.2, 0) is 11.3 Å². The number of ether oxygens (including phenoxy) is 3. The largest absolute Gasteiger partial charge is 0.493 e. The summed E-state index contributed by atoms with van der Waals surface area (Å²) in [6.45, 7) is 9.32. The predicted octanol–water partition coefficient (Wildman–Crippen LogP) is 3.76. The highest BCUT2D eigenvalue weighted by Crippen LogP contribution is 2.38. The molecular weight excluding hydrogens is 472 g/mol. The maximum atomic E-state index is 12.3. The minimum atomic E-state index is -0.598. The molecule has 1 fully saturated rings. The van der Waals surface area contributed by atoms with Crippen molar-refractivity contribution in [3.05, 3.63) is 53.2 Å². The minimum absolute atomic E-state index is 0.0841. The van der Waals surface area contributed by atoms with Gasteiger partial charge in [0.05, 0.1) is 49.3 Å². The Morgan fingerprint density at radius 3 is 2.68 bits per heavy atom. The fourth-order valence-electron chi connectivity index (χ4n) is 4.86. The second-order valence-electron chi connectivity index (χ2n) is 9.52. The number of nitrogens with zero attached hydrogens (tertiary/aromatic N) is 2. The summed E-state index contributed by atoms with van der Waals surface area (Å²) in [4.78, 5) is 19.1. The molecule has 1 aliphatic heterocycles. The van der Waals surface area contributed by atoms with Gasteiger partial charge < -0.3 is 30.4 Å². The number of nitrogens with two attached hydrogens (primary N) is 1. The summed E-state index contributed by atoms with van der Waals surface area (Å²) in [5, 5.41) is 13.7. The molecular formula is C28H36N4O5. The van der Waals surface area contributed by atoms with Gasteiger partial charge in [0.1, 0.15) is 0 Å². The molecule has 0 bridgehead atoms. The molecule has 1 amide bonds. The van der Waals surface area contributed by atoms with Crippen LogP contribution in [-0.4, -0.2) is 66.5 Å². The fourth-order valence-corrected chi connectivity index (χ4v) is 4.86. The van der Waals surface area contributed by atoms with E-state index in [2.05, 4.69) is 29.0 Å². The molecule has 2 atom stereocenters. The van der Waals surface area contributed by atoms with Crippen LogP contribution in [0.3, 0.4) is 0 Å². The number of aliphatic hydroxyl groups is 1. The van der Waals surface area contributed by atoms with Gasteiger partial charge >= 0.3 is 0 Å². The molecule has 198 valence electrons. The van der Waals surface area contributed by atoms with Gasteiger partial charge in [0.2, 0.25) is 0 Å². The zero-order chi connectivity index (χ0) is 26.5. The van der Waals surface area contributed by atoms with Gasteiger partial charge in [-0.2, -0.15) is 0 Å². The fraction of sp³-hybridized carbons (Fsp3) is 0.429. The SMILES string of the molecule is COc1cc2c(Nc3cccc(CO)c3C)c(C(N)=O)cnc2cc1OCCCN1CC(C)OC(C)C1. The maximum Gasteiger partial charge on any atom is 0.252 e. The molecule has 2 unspecified atom stereocenters. The predicted molar refractivity (Wildman–Crippen MR) is 144 cm³/mol. The lowest BCUT2D eigenvalue weighted by atomic mass is 10.0. The topological polar surface area (TPSA) is 119 Å². The number of anilines is 2. The van der Waals surface area contributed by atoms with E-state index in [4.69, 9.17) is 19.9 Å². The molecule has 9 nitrogen and oxygen atoms in total. The number of nitrogens with one attached hydrogen (secondary N) is 1. The van der Waals surface area contributed by atoms with Crippen LogP contribution in [0.1, 0.15) is 41.8 Å². The quantitative estimate of drug-likeness (QED) is 0.354. The van der Waals surface area contributed by atoms with Crippen LogP contribution in [0.4, 0.5) is 11.4 Å². The number of morpholine rings is 1.